The fraction of sp³-hybridized carbons (Fsp3) is 0.538. The number of benzene rings is 1. The Morgan fingerprint density at radius 2 is 1.83 bits per heavy atom. The van der Waals surface area contributed by atoms with Crippen LogP contribution in [-0.2, 0) is 6.54 Å². The highest BCUT2D eigenvalue weighted by Crippen LogP contribution is 2.13. The maximum atomic E-state index is 12.9. The summed E-state index contributed by atoms with van der Waals surface area (Å²) in [7, 11) is 0. The van der Waals surface area contributed by atoms with Gasteiger partial charge in [-0.15, -0.1) is 0 Å². The van der Waals surface area contributed by atoms with E-state index in [1.807, 2.05) is 6.92 Å². The summed E-state index contributed by atoms with van der Waals surface area (Å²) >= 11 is 0. The molecule has 0 aromatic heterocycles. The van der Waals surface area contributed by atoms with Crippen LogP contribution in [0.15, 0.2) is 12.1 Å². The summed E-state index contributed by atoms with van der Waals surface area (Å²) in [4.78, 5) is 0. The Bertz CT molecular complexity index is 361. The van der Waals surface area contributed by atoms with Crippen molar-refractivity contribution in [1.29, 1.82) is 0 Å². The molecule has 1 unspecified atom stereocenters. The Balaban J connectivity index is 2.32. The van der Waals surface area contributed by atoms with Crippen LogP contribution in [0.2, 0.25) is 0 Å². The fourth-order valence-electron chi connectivity index (χ4n) is 1.61. The maximum absolute atomic E-state index is 12.9. The average molecular weight is 261 g/mol. The van der Waals surface area contributed by atoms with Gasteiger partial charge in [-0.3, -0.25) is 0 Å². The lowest BCUT2D eigenvalue weighted by atomic mass is 10.1. The topological polar surface area (TPSA) is 32.3 Å². The van der Waals surface area contributed by atoms with E-state index < -0.39 is 17.5 Å². The van der Waals surface area contributed by atoms with Crippen LogP contribution in [0.3, 0.4) is 0 Å². The predicted octanol–water partition coefficient (Wildman–Crippen LogP) is 2.60. The summed E-state index contributed by atoms with van der Waals surface area (Å²) < 4.78 is 38.5. The number of rotatable bonds is 7. The van der Waals surface area contributed by atoms with Crippen LogP contribution in [0.1, 0.15) is 25.3 Å². The molecule has 0 saturated carbocycles. The third-order valence-corrected chi connectivity index (χ3v) is 2.73. The van der Waals surface area contributed by atoms with Gasteiger partial charge in [0.15, 0.2) is 17.5 Å². The van der Waals surface area contributed by atoms with Crippen LogP contribution >= 0.6 is 0 Å². The molecule has 0 saturated heterocycles. The number of hydrogen-bond donors (Lipinski definition) is 2. The van der Waals surface area contributed by atoms with E-state index in [0.717, 1.165) is 25.0 Å². The summed E-state index contributed by atoms with van der Waals surface area (Å²) in [5.74, 6) is -3.51. The minimum atomic E-state index is -1.43. The fourth-order valence-corrected chi connectivity index (χ4v) is 1.61. The Morgan fingerprint density at radius 1 is 1.22 bits per heavy atom. The summed E-state index contributed by atoms with van der Waals surface area (Å²) in [6, 6.07) is 1.98. The Labute approximate surface area is 105 Å². The van der Waals surface area contributed by atoms with Crippen molar-refractivity contribution in [3.63, 3.8) is 0 Å². The van der Waals surface area contributed by atoms with E-state index >= 15 is 0 Å². The van der Waals surface area contributed by atoms with Gasteiger partial charge in [-0.1, -0.05) is 6.92 Å². The van der Waals surface area contributed by atoms with Gasteiger partial charge in [-0.2, -0.15) is 0 Å². The van der Waals surface area contributed by atoms with Crippen molar-refractivity contribution in [2.45, 2.75) is 26.3 Å². The summed E-state index contributed by atoms with van der Waals surface area (Å²) in [5, 5.41) is 11.8. The first-order chi connectivity index (χ1) is 8.54. The molecule has 18 heavy (non-hydrogen) atoms. The molecule has 1 atom stereocenters. The number of halogens is 3. The van der Waals surface area contributed by atoms with Gasteiger partial charge < -0.3 is 10.4 Å². The highest BCUT2D eigenvalue weighted by Gasteiger charge is 2.10. The van der Waals surface area contributed by atoms with E-state index in [0.29, 0.717) is 18.7 Å². The van der Waals surface area contributed by atoms with Crippen molar-refractivity contribution in [3.05, 3.63) is 35.1 Å². The zero-order chi connectivity index (χ0) is 13.5. The molecular weight excluding hydrogens is 243 g/mol. The van der Waals surface area contributed by atoms with Gasteiger partial charge in [0.2, 0.25) is 0 Å². The van der Waals surface area contributed by atoms with Crippen LogP contribution in [-0.4, -0.2) is 18.3 Å². The first-order valence-corrected chi connectivity index (χ1v) is 5.99. The van der Waals surface area contributed by atoms with Crippen molar-refractivity contribution in [3.8, 4) is 0 Å². The molecule has 1 aromatic rings. The zero-order valence-corrected chi connectivity index (χ0v) is 10.3. The van der Waals surface area contributed by atoms with Gasteiger partial charge in [0.1, 0.15) is 0 Å². The number of aliphatic hydroxyl groups is 1. The van der Waals surface area contributed by atoms with Crippen LogP contribution in [0.25, 0.3) is 0 Å². The smallest absolute Gasteiger partial charge is 0.194 e. The van der Waals surface area contributed by atoms with E-state index in [-0.39, 0.29) is 12.5 Å². The van der Waals surface area contributed by atoms with Gasteiger partial charge in [0, 0.05) is 13.2 Å². The first-order valence-electron chi connectivity index (χ1n) is 5.99. The van der Waals surface area contributed by atoms with E-state index in [1.165, 1.54) is 0 Å². The minimum absolute atomic E-state index is 0.161. The van der Waals surface area contributed by atoms with Crippen molar-refractivity contribution < 1.29 is 18.3 Å². The lowest BCUT2D eigenvalue weighted by Gasteiger charge is -2.08. The molecule has 0 aliphatic rings. The molecule has 5 heteroatoms. The molecule has 0 amide bonds. The van der Waals surface area contributed by atoms with Crippen LogP contribution in [0.5, 0.6) is 0 Å². The molecule has 0 aliphatic heterocycles. The summed E-state index contributed by atoms with van der Waals surface area (Å²) in [6.07, 6.45) is 1.75. The standard InChI is InChI=1S/C13H18F3NO/c1-9(8-18)3-2-4-17-7-10-5-11(14)13(16)12(15)6-10/h5-6,9,17-18H,2-4,7-8H2,1H3. The normalized spacial score (nSPS) is 12.7. The van der Waals surface area contributed by atoms with Crippen molar-refractivity contribution >= 4 is 0 Å². The molecule has 2 nitrogen and oxygen atoms in total. The first kappa shape index (κ1) is 15.0. The van der Waals surface area contributed by atoms with E-state index in [2.05, 4.69) is 5.32 Å². The average Bonchev–Trinajstić information content (AvgIpc) is 2.35. The van der Waals surface area contributed by atoms with Crippen LogP contribution < -0.4 is 5.32 Å². The zero-order valence-electron chi connectivity index (χ0n) is 10.3. The maximum Gasteiger partial charge on any atom is 0.194 e. The second kappa shape index (κ2) is 7.38. The summed E-state index contributed by atoms with van der Waals surface area (Å²) in [5.41, 5.74) is 0.376. The SMILES string of the molecule is CC(CO)CCCNCc1cc(F)c(F)c(F)c1. The van der Waals surface area contributed by atoms with E-state index in [1.54, 1.807) is 0 Å². The lowest BCUT2D eigenvalue weighted by Crippen LogP contribution is -2.16. The Morgan fingerprint density at radius 3 is 2.39 bits per heavy atom. The van der Waals surface area contributed by atoms with Gasteiger partial charge in [0.25, 0.3) is 0 Å². The predicted molar refractivity (Wildman–Crippen MR) is 63.5 cm³/mol. The van der Waals surface area contributed by atoms with Crippen LogP contribution in [0, 0.1) is 23.4 Å². The van der Waals surface area contributed by atoms with Crippen molar-refractivity contribution in [1.82, 2.24) is 5.32 Å². The number of aliphatic hydroxyl groups excluding tert-OH is 1. The quantitative estimate of drug-likeness (QED) is 0.584. The summed E-state index contributed by atoms with van der Waals surface area (Å²) in [6.45, 7) is 3.09. The van der Waals surface area contributed by atoms with Crippen molar-refractivity contribution in [2.75, 3.05) is 13.2 Å². The molecule has 0 aliphatic carbocycles. The molecular formula is C13H18F3NO. The van der Waals surface area contributed by atoms with E-state index in [4.69, 9.17) is 5.11 Å². The number of hydrogen-bond acceptors (Lipinski definition) is 2. The molecule has 0 fully saturated rings. The third-order valence-electron chi connectivity index (χ3n) is 2.73. The van der Waals surface area contributed by atoms with E-state index in [9.17, 15) is 13.2 Å². The third kappa shape index (κ3) is 4.66. The van der Waals surface area contributed by atoms with Crippen LogP contribution in [0.4, 0.5) is 13.2 Å². The van der Waals surface area contributed by atoms with Gasteiger partial charge in [-0.25, -0.2) is 13.2 Å². The van der Waals surface area contributed by atoms with Gasteiger partial charge in [-0.05, 0) is 43.0 Å². The molecule has 0 radical (unpaired) electrons. The number of nitrogens with one attached hydrogen (secondary N) is 1. The molecule has 2 N–H and O–H groups in total. The molecule has 0 heterocycles. The highest BCUT2D eigenvalue weighted by atomic mass is 19.2. The molecule has 1 aromatic carbocycles. The van der Waals surface area contributed by atoms with Gasteiger partial charge in [0.05, 0.1) is 0 Å². The Kier molecular flexibility index (Phi) is 6.15. The lowest BCUT2D eigenvalue weighted by molar-refractivity contribution is 0.228. The van der Waals surface area contributed by atoms with Gasteiger partial charge >= 0.3 is 0 Å². The molecule has 102 valence electrons. The molecule has 0 bridgehead atoms. The monoisotopic (exact) mass is 261 g/mol. The second-order valence-corrected chi connectivity index (χ2v) is 4.48. The second-order valence-electron chi connectivity index (χ2n) is 4.48. The minimum Gasteiger partial charge on any atom is -0.396 e. The highest BCUT2D eigenvalue weighted by molar-refractivity contribution is 5.19. The largest absolute Gasteiger partial charge is 0.396 e. The Hall–Kier alpha value is -1.07. The molecule has 1 rings (SSSR count). The van der Waals surface area contributed by atoms with Crippen molar-refractivity contribution in [2.24, 2.45) is 5.92 Å². The molecule has 0 spiro atoms.